The summed E-state index contributed by atoms with van der Waals surface area (Å²) in [6.07, 6.45) is 1.35. The molecule has 0 bridgehead atoms. The minimum absolute atomic E-state index is 0.0376. The molecule has 0 aliphatic carbocycles. The van der Waals surface area contributed by atoms with Crippen LogP contribution in [-0.2, 0) is 16.1 Å². The molecule has 0 saturated carbocycles. The monoisotopic (exact) mass is 444 g/mol. The van der Waals surface area contributed by atoms with Crippen LogP contribution in [0, 0.1) is 6.92 Å². The number of nitrogen functional groups attached to an aromatic ring is 1. The second-order valence-electron chi connectivity index (χ2n) is 6.54. The number of anilines is 1. The smallest absolute Gasteiger partial charge is 0.303 e. The van der Waals surface area contributed by atoms with E-state index in [0.717, 1.165) is 11.8 Å². The molecule has 4 N–H and O–H groups in total. The van der Waals surface area contributed by atoms with Gasteiger partial charge in [-0.25, -0.2) is 9.97 Å². The Hall–Kier alpha value is -3.40. The Kier molecular flexibility index (Phi) is 8.56. The Morgan fingerprint density at radius 1 is 1.23 bits per heavy atom. The van der Waals surface area contributed by atoms with E-state index >= 15 is 0 Å². The third kappa shape index (κ3) is 6.82. The summed E-state index contributed by atoms with van der Waals surface area (Å²) in [6.45, 7) is 3.35. The zero-order chi connectivity index (χ0) is 23.0. The van der Waals surface area contributed by atoms with E-state index in [9.17, 15) is 14.4 Å². The molecule has 0 spiro atoms. The van der Waals surface area contributed by atoms with Crippen LogP contribution < -0.4 is 15.8 Å². The van der Waals surface area contributed by atoms with Crippen LogP contribution in [0.15, 0.2) is 40.9 Å². The van der Waals surface area contributed by atoms with E-state index in [1.54, 1.807) is 38.1 Å². The highest BCUT2D eigenvalue weighted by Gasteiger charge is 2.20. The molecule has 1 aromatic heterocycles. The topological polar surface area (TPSA) is 145 Å². The van der Waals surface area contributed by atoms with Crippen LogP contribution in [0.25, 0.3) is 0 Å². The summed E-state index contributed by atoms with van der Waals surface area (Å²) in [4.78, 5) is 45.0. The van der Waals surface area contributed by atoms with E-state index in [1.165, 1.54) is 13.3 Å². The molecule has 0 saturated heterocycles. The first-order chi connectivity index (χ1) is 14.7. The Morgan fingerprint density at radius 3 is 2.58 bits per heavy atom. The van der Waals surface area contributed by atoms with Crippen LogP contribution in [0.3, 0.4) is 0 Å². The summed E-state index contributed by atoms with van der Waals surface area (Å²) in [5.41, 5.74) is 6.98. The first-order valence-electron chi connectivity index (χ1n) is 9.35. The fraction of sp³-hybridized carbons (Fsp3) is 0.286. The van der Waals surface area contributed by atoms with Gasteiger partial charge in [0.05, 0.1) is 12.7 Å². The number of nitrogens with two attached hydrogens (primary N) is 1. The molecule has 2 aromatic rings. The SMILES string of the molecule is COc1ccccc1C(=O)S/C(CCC(=O)O)=C(/C)C(=O)NCc1cnc(C)nc1N. The minimum Gasteiger partial charge on any atom is -0.496 e. The molecule has 1 amide bonds. The van der Waals surface area contributed by atoms with Crippen molar-refractivity contribution in [2.45, 2.75) is 33.2 Å². The molecular formula is C21H24N4O5S. The summed E-state index contributed by atoms with van der Waals surface area (Å²) >= 11 is 0.820. The van der Waals surface area contributed by atoms with Crippen LogP contribution >= 0.6 is 11.8 Å². The molecule has 2 rings (SSSR count). The average molecular weight is 445 g/mol. The van der Waals surface area contributed by atoms with E-state index in [4.69, 9.17) is 15.6 Å². The van der Waals surface area contributed by atoms with Gasteiger partial charge in [-0.3, -0.25) is 14.4 Å². The number of nitrogens with one attached hydrogen (secondary N) is 1. The van der Waals surface area contributed by atoms with Gasteiger partial charge in [0.2, 0.25) is 11.0 Å². The van der Waals surface area contributed by atoms with E-state index in [2.05, 4.69) is 15.3 Å². The van der Waals surface area contributed by atoms with Gasteiger partial charge in [0.1, 0.15) is 17.4 Å². The molecule has 1 heterocycles. The van der Waals surface area contributed by atoms with E-state index < -0.39 is 11.9 Å². The number of ether oxygens (including phenoxy) is 1. The Bertz CT molecular complexity index is 1020. The standard InChI is InChI=1S/C21H24N4O5S/c1-12(20(28)24-11-14-10-23-13(2)25-19(14)22)17(8-9-18(26)27)31-21(29)15-6-4-5-7-16(15)30-3/h4-7,10H,8-9,11H2,1-3H3,(H,24,28)(H,26,27)(H2,22,23,25)/b17-12-. The van der Waals surface area contributed by atoms with Crippen molar-refractivity contribution >= 4 is 34.6 Å². The summed E-state index contributed by atoms with van der Waals surface area (Å²) in [6, 6.07) is 6.70. The number of carbonyl (C=O) groups is 3. The maximum Gasteiger partial charge on any atom is 0.303 e. The molecule has 0 atom stereocenters. The summed E-state index contributed by atoms with van der Waals surface area (Å²) in [5, 5.41) is 11.4. The van der Waals surface area contributed by atoms with Gasteiger partial charge in [-0.05, 0) is 32.4 Å². The number of aromatic nitrogens is 2. The summed E-state index contributed by atoms with van der Waals surface area (Å²) in [5.74, 6) is -0.289. The molecule has 31 heavy (non-hydrogen) atoms. The number of benzene rings is 1. The number of hydrogen-bond acceptors (Lipinski definition) is 8. The predicted molar refractivity (Wildman–Crippen MR) is 118 cm³/mol. The highest BCUT2D eigenvalue weighted by molar-refractivity contribution is 8.17. The largest absolute Gasteiger partial charge is 0.496 e. The van der Waals surface area contributed by atoms with Crippen molar-refractivity contribution in [3.63, 3.8) is 0 Å². The number of para-hydroxylation sites is 1. The lowest BCUT2D eigenvalue weighted by atomic mass is 10.2. The van der Waals surface area contributed by atoms with Crippen molar-refractivity contribution in [2.24, 2.45) is 0 Å². The second-order valence-corrected chi connectivity index (χ2v) is 7.61. The van der Waals surface area contributed by atoms with Gasteiger partial charge in [-0.2, -0.15) is 0 Å². The number of carbonyl (C=O) groups excluding carboxylic acids is 2. The fourth-order valence-electron chi connectivity index (χ4n) is 2.60. The van der Waals surface area contributed by atoms with Gasteiger partial charge in [0.25, 0.3) is 0 Å². The van der Waals surface area contributed by atoms with Crippen molar-refractivity contribution in [1.29, 1.82) is 0 Å². The molecule has 10 heteroatoms. The van der Waals surface area contributed by atoms with Crippen LogP contribution in [-0.4, -0.2) is 39.2 Å². The number of methoxy groups -OCH3 is 1. The fourth-order valence-corrected chi connectivity index (χ4v) is 3.55. The van der Waals surface area contributed by atoms with Crippen molar-refractivity contribution in [2.75, 3.05) is 12.8 Å². The van der Waals surface area contributed by atoms with Gasteiger partial charge in [-0.15, -0.1) is 0 Å². The minimum atomic E-state index is -1.03. The maximum atomic E-state index is 12.8. The number of aryl methyl sites for hydroxylation is 1. The lowest BCUT2D eigenvalue weighted by Crippen LogP contribution is -2.25. The van der Waals surface area contributed by atoms with E-state index in [-0.39, 0.29) is 35.9 Å². The number of amides is 1. The number of nitrogens with zero attached hydrogens (tertiary/aromatic N) is 2. The Labute approximate surface area is 184 Å². The molecule has 1 aromatic carbocycles. The van der Waals surface area contributed by atoms with Crippen molar-refractivity contribution in [3.8, 4) is 5.75 Å². The van der Waals surface area contributed by atoms with Crippen molar-refractivity contribution < 1.29 is 24.2 Å². The van der Waals surface area contributed by atoms with Crippen molar-refractivity contribution in [3.05, 3.63) is 57.9 Å². The normalized spacial score (nSPS) is 11.5. The zero-order valence-electron chi connectivity index (χ0n) is 17.5. The Morgan fingerprint density at radius 2 is 1.94 bits per heavy atom. The van der Waals surface area contributed by atoms with Crippen LogP contribution in [0.1, 0.15) is 41.5 Å². The predicted octanol–water partition coefficient (Wildman–Crippen LogP) is 2.70. The van der Waals surface area contributed by atoms with Gasteiger partial charge in [0, 0.05) is 35.2 Å². The summed E-state index contributed by atoms with van der Waals surface area (Å²) in [7, 11) is 1.46. The van der Waals surface area contributed by atoms with Gasteiger partial charge >= 0.3 is 5.97 Å². The molecule has 0 aliphatic rings. The first-order valence-corrected chi connectivity index (χ1v) is 10.2. The number of rotatable bonds is 9. The maximum absolute atomic E-state index is 12.8. The lowest BCUT2D eigenvalue weighted by molar-refractivity contribution is -0.137. The number of carboxylic acid groups (broad SMARTS) is 1. The highest BCUT2D eigenvalue weighted by atomic mass is 32.2. The van der Waals surface area contributed by atoms with Gasteiger partial charge in [-0.1, -0.05) is 23.9 Å². The highest BCUT2D eigenvalue weighted by Crippen LogP contribution is 2.31. The van der Waals surface area contributed by atoms with Gasteiger partial charge in [0.15, 0.2) is 0 Å². The van der Waals surface area contributed by atoms with Crippen LogP contribution in [0.4, 0.5) is 5.82 Å². The average Bonchev–Trinajstić information content (AvgIpc) is 2.74. The molecule has 0 unspecified atom stereocenters. The number of thioether (sulfide) groups is 1. The molecule has 9 nitrogen and oxygen atoms in total. The number of allylic oxidation sites excluding steroid dienone is 1. The molecular weight excluding hydrogens is 420 g/mol. The lowest BCUT2D eigenvalue weighted by Gasteiger charge is -2.13. The van der Waals surface area contributed by atoms with Crippen molar-refractivity contribution in [1.82, 2.24) is 15.3 Å². The molecule has 0 fully saturated rings. The third-order valence-corrected chi connectivity index (χ3v) is 5.49. The number of hydrogen-bond donors (Lipinski definition) is 3. The Balaban J connectivity index is 2.21. The van der Waals surface area contributed by atoms with Crippen LogP contribution in [0.2, 0.25) is 0 Å². The third-order valence-electron chi connectivity index (χ3n) is 4.33. The first kappa shape index (κ1) is 23.9. The zero-order valence-corrected chi connectivity index (χ0v) is 18.3. The number of carboxylic acids is 1. The van der Waals surface area contributed by atoms with E-state index in [0.29, 0.717) is 27.6 Å². The number of aliphatic carboxylic acids is 1. The summed E-state index contributed by atoms with van der Waals surface area (Å²) < 4.78 is 5.21. The quantitative estimate of drug-likeness (QED) is 0.497. The van der Waals surface area contributed by atoms with Gasteiger partial charge < -0.3 is 20.9 Å². The second kappa shape index (κ2) is 11.1. The van der Waals surface area contributed by atoms with Crippen LogP contribution in [0.5, 0.6) is 5.75 Å². The van der Waals surface area contributed by atoms with E-state index in [1.807, 2.05) is 0 Å². The molecule has 0 aliphatic heterocycles. The molecule has 164 valence electrons. The molecule has 0 radical (unpaired) electrons.